The molecule has 36 heavy (non-hydrogen) atoms. The fraction of sp³-hybridized carbons (Fsp3) is 0.129. The van der Waals surface area contributed by atoms with Crippen molar-refractivity contribution in [1.29, 1.82) is 0 Å². The van der Waals surface area contributed by atoms with Crippen LogP contribution in [0.15, 0.2) is 103 Å². The van der Waals surface area contributed by atoms with Gasteiger partial charge in [0.2, 0.25) is 5.60 Å². The monoisotopic (exact) mass is 492 g/mol. The van der Waals surface area contributed by atoms with Crippen molar-refractivity contribution in [1.82, 2.24) is 4.98 Å². The number of amides is 1. The summed E-state index contributed by atoms with van der Waals surface area (Å²) in [5.74, 6) is -0.358. The number of anilines is 1. The van der Waals surface area contributed by atoms with Crippen LogP contribution in [0, 0.1) is 0 Å². The molecule has 1 unspecified atom stereocenters. The number of carbonyl (C=O) groups is 1. The average molecular weight is 493 g/mol. The molecule has 5 aromatic rings. The molecule has 0 spiro atoms. The lowest BCUT2D eigenvalue weighted by Gasteiger charge is -2.31. The number of para-hydroxylation sites is 1. The molecule has 6 rings (SSSR count). The Hall–Kier alpha value is -3.86. The van der Waals surface area contributed by atoms with Crippen LogP contribution in [0.5, 0.6) is 0 Å². The molecule has 0 aliphatic carbocycles. The number of aromatic nitrogens is 1. The molecule has 1 aromatic heterocycles. The number of ether oxygens (including phenoxy) is 1. The van der Waals surface area contributed by atoms with E-state index in [1.807, 2.05) is 73.7 Å². The van der Waals surface area contributed by atoms with Gasteiger partial charge in [0.05, 0.1) is 0 Å². The van der Waals surface area contributed by atoms with E-state index in [0.29, 0.717) is 17.3 Å². The van der Waals surface area contributed by atoms with E-state index in [1.54, 1.807) is 6.07 Å². The number of H-pyrrole nitrogens is 1. The van der Waals surface area contributed by atoms with Crippen molar-refractivity contribution in [2.75, 3.05) is 11.9 Å². The smallest absolute Gasteiger partial charge is 0.266 e. The van der Waals surface area contributed by atoms with Gasteiger partial charge in [-0.05, 0) is 36.2 Å². The molecule has 1 aliphatic heterocycles. The van der Waals surface area contributed by atoms with Gasteiger partial charge in [-0.25, -0.2) is 0 Å². The number of aromatic amines is 1. The zero-order valence-electron chi connectivity index (χ0n) is 19.8. The first-order chi connectivity index (χ1) is 17.6. The number of carbonyl (C=O) groups excluding carboxylic acids is 1. The molecule has 0 saturated heterocycles. The molecule has 1 aliphatic rings. The maximum atomic E-state index is 14.0. The van der Waals surface area contributed by atoms with Gasteiger partial charge in [0, 0.05) is 51.0 Å². The number of hydrogen-bond donors (Lipinski definition) is 2. The van der Waals surface area contributed by atoms with Gasteiger partial charge in [0.15, 0.2) is 0 Å². The van der Waals surface area contributed by atoms with Crippen molar-refractivity contribution in [2.45, 2.75) is 18.4 Å². The van der Waals surface area contributed by atoms with Gasteiger partial charge in [0.1, 0.15) is 0 Å². The standard InChI is InChI=1S/C31H25ClN2O2/c1-2-36-31(24-18-17-22(32)19-26(24)34-30(31)35)28-23-15-9-10-16-25(23)33-29(28)27(20-11-5-3-6-12-20)21-13-7-4-8-14-21/h3-19,27,33H,2H2,1H3,(H,34,35). The van der Waals surface area contributed by atoms with Gasteiger partial charge in [-0.15, -0.1) is 0 Å². The van der Waals surface area contributed by atoms with Gasteiger partial charge in [-0.1, -0.05) is 96.5 Å². The lowest BCUT2D eigenvalue weighted by Crippen LogP contribution is -2.39. The van der Waals surface area contributed by atoms with Crippen LogP contribution in [0.3, 0.4) is 0 Å². The Morgan fingerprint density at radius 1 is 0.861 bits per heavy atom. The minimum Gasteiger partial charge on any atom is -0.357 e. The maximum absolute atomic E-state index is 14.0. The van der Waals surface area contributed by atoms with Crippen LogP contribution in [0.2, 0.25) is 5.02 Å². The molecule has 178 valence electrons. The third-order valence-corrected chi connectivity index (χ3v) is 7.17. The first-order valence-electron chi connectivity index (χ1n) is 12.1. The van der Waals surface area contributed by atoms with E-state index in [2.05, 4.69) is 40.6 Å². The van der Waals surface area contributed by atoms with E-state index in [9.17, 15) is 4.79 Å². The third-order valence-electron chi connectivity index (χ3n) is 6.93. The summed E-state index contributed by atoms with van der Waals surface area (Å²) in [6.07, 6.45) is 0. The highest BCUT2D eigenvalue weighted by atomic mass is 35.5. The van der Waals surface area contributed by atoms with E-state index in [-0.39, 0.29) is 11.8 Å². The quantitative estimate of drug-likeness (QED) is 0.262. The van der Waals surface area contributed by atoms with E-state index < -0.39 is 5.60 Å². The maximum Gasteiger partial charge on any atom is 0.266 e. The Kier molecular flexibility index (Phi) is 5.63. The normalized spacial score (nSPS) is 16.9. The summed E-state index contributed by atoms with van der Waals surface area (Å²) in [5, 5.41) is 4.57. The van der Waals surface area contributed by atoms with E-state index in [4.69, 9.17) is 16.3 Å². The molecule has 4 aromatic carbocycles. The van der Waals surface area contributed by atoms with Gasteiger partial charge in [0.25, 0.3) is 5.91 Å². The number of fused-ring (bicyclic) bond motifs is 2. The summed E-state index contributed by atoms with van der Waals surface area (Å²) in [6, 6.07) is 34.3. The Morgan fingerprint density at radius 2 is 1.50 bits per heavy atom. The van der Waals surface area contributed by atoms with E-state index >= 15 is 0 Å². The molecule has 2 heterocycles. The van der Waals surface area contributed by atoms with Crippen molar-refractivity contribution >= 4 is 34.1 Å². The van der Waals surface area contributed by atoms with Crippen LogP contribution in [0.25, 0.3) is 10.9 Å². The summed E-state index contributed by atoms with van der Waals surface area (Å²) in [6.45, 7) is 2.28. The zero-order chi connectivity index (χ0) is 24.7. The molecule has 0 fully saturated rings. The van der Waals surface area contributed by atoms with Crippen LogP contribution < -0.4 is 5.32 Å². The SMILES string of the molecule is CCOC1(c2c(C(c3ccccc3)c3ccccc3)[nH]c3ccccc23)C(=O)Nc2cc(Cl)ccc21. The molecular weight excluding hydrogens is 468 g/mol. The molecule has 0 radical (unpaired) electrons. The lowest BCUT2D eigenvalue weighted by atomic mass is 9.79. The highest BCUT2D eigenvalue weighted by Crippen LogP contribution is 2.50. The molecule has 1 amide bonds. The van der Waals surface area contributed by atoms with Gasteiger partial charge < -0.3 is 15.0 Å². The molecule has 1 atom stereocenters. The first kappa shape index (κ1) is 22.6. The van der Waals surface area contributed by atoms with Crippen LogP contribution in [0.1, 0.15) is 40.8 Å². The third kappa shape index (κ3) is 3.45. The molecule has 5 heteroatoms. The Balaban J connectivity index is 1.72. The number of benzene rings is 4. The number of nitrogens with one attached hydrogen (secondary N) is 2. The largest absolute Gasteiger partial charge is 0.357 e. The fourth-order valence-electron chi connectivity index (χ4n) is 5.52. The molecule has 0 saturated carbocycles. The van der Waals surface area contributed by atoms with Crippen molar-refractivity contribution in [3.63, 3.8) is 0 Å². The first-order valence-corrected chi connectivity index (χ1v) is 12.5. The fourth-order valence-corrected chi connectivity index (χ4v) is 5.69. The highest BCUT2D eigenvalue weighted by Gasteiger charge is 2.52. The number of hydrogen-bond acceptors (Lipinski definition) is 2. The van der Waals surface area contributed by atoms with Gasteiger partial charge >= 0.3 is 0 Å². The second kappa shape index (κ2) is 8.98. The topological polar surface area (TPSA) is 54.1 Å². The number of rotatable bonds is 6. The predicted octanol–water partition coefficient (Wildman–Crippen LogP) is 7.23. The van der Waals surface area contributed by atoms with Crippen LogP contribution >= 0.6 is 11.6 Å². The summed E-state index contributed by atoms with van der Waals surface area (Å²) in [5.41, 5.74) is 5.07. The average Bonchev–Trinajstić information content (AvgIpc) is 3.40. The number of halogens is 1. The van der Waals surface area contributed by atoms with Crippen molar-refractivity contribution in [3.8, 4) is 0 Å². The van der Waals surface area contributed by atoms with Crippen LogP contribution in [-0.2, 0) is 15.1 Å². The second-order valence-electron chi connectivity index (χ2n) is 8.97. The molecular formula is C31H25ClN2O2. The van der Waals surface area contributed by atoms with Crippen molar-refractivity contribution < 1.29 is 9.53 Å². The van der Waals surface area contributed by atoms with Gasteiger partial charge in [-0.2, -0.15) is 0 Å². The van der Waals surface area contributed by atoms with Crippen molar-refractivity contribution in [3.05, 3.63) is 136 Å². The van der Waals surface area contributed by atoms with E-state index in [1.165, 1.54) is 0 Å². The van der Waals surface area contributed by atoms with Crippen molar-refractivity contribution in [2.24, 2.45) is 0 Å². The summed E-state index contributed by atoms with van der Waals surface area (Å²) < 4.78 is 6.51. The lowest BCUT2D eigenvalue weighted by molar-refractivity contribution is -0.135. The Morgan fingerprint density at radius 3 is 2.17 bits per heavy atom. The zero-order valence-corrected chi connectivity index (χ0v) is 20.5. The molecule has 2 N–H and O–H groups in total. The Labute approximate surface area is 214 Å². The molecule has 4 nitrogen and oxygen atoms in total. The van der Waals surface area contributed by atoms with Gasteiger partial charge in [-0.3, -0.25) is 4.79 Å². The predicted molar refractivity (Wildman–Crippen MR) is 145 cm³/mol. The van der Waals surface area contributed by atoms with E-state index in [0.717, 1.165) is 38.9 Å². The molecule has 0 bridgehead atoms. The summed E-state index contributed by atoms with van der Waals surface area (Å²) in [7, 11) is 0. The minimum atomic E-state index is -1.33. The highest BCUT2D eigenvalue weighted by molar-refractivity contribution is 6.31. The van der Waals surface area contributed by atoms with Crippen LogP contribution in [-0.4, -0.2) is 17.5 Å². The summed E-state index contributed by atoms with van der Waals surface area (Å²) >= 11 is 6.30. The van der Waals surface area contributed by atoms with Crippen LogP contribution in [0.4, 0.5) is 5.69 Å². The Bertz CT molecular complexity index is 1520. The summed E-state index contributed by atoms with van der Waals surface area (Å²) in [4.78, 5) is 17.6. The minimum absolute atomic E-state index is 0.142. The second-order valence-corrected chi connectivity index (χ2v) is 9.41.